The van der Waals surface area contributed by atoms with E-state index in [0.29, 0.717) is 24.2 Å². The van der Waals surface area contributed by atoms with E-state index >= 15 is 0 Å². The molecule has 2 heterocycles. The van der Waals surface area contributed by atoms with E-state index in [9.17, 15) is 9.59 Å². The highest BCUT2D eigenvalue weighted by Gasteiger charge is 2.32. The van der Waals surface area contributed by atoms with E-state index in [1.807, 2.05) is 72.7 Å². The zero-order chi connectivity index (χ0) is 32.6. The number of methoxy groups -OCH3 is 1. The quantitative estimate of drug-likeness (QED) is 0.148. The van der Waals surface area contributed by atoms with Crippen molar-refractivity contribution in [3.05, 3.63) is 117 Å². The zero-order valence-electron chi connectivity index (χ0n) is 26.7. The van der Waals surface area contributed by atoms with Crippen molar-refractivity contribution in [3.8, 4) is 18.6 Å². The molecule has 8 heteroatoms. The third kappa shape index (κ3) is 10.9. The third-order valence-electron chi connectivity index (χ3n) is 7.24. The van der Waals surface area contributed by atoms with E-state index in [-0.39, 0.29) is 17.9 Å². The third-order valence-corrected chi connectivity index (χ3v) is 8.31. The molecule has 0 aliphatic carbocycles. The van der Waals surface area contributed by atoms with Gasteiger partial charge in [0, 0.05) is 41.8 Å². The molecule has 1 saturated heterocycles. The summed E-state index contributed by atoms with van der Waals surface area (Å²) in [5, 5.41) is 9.39. The number of carbonyl (C=O) groups is 2. The Bertz CT molecular complexity index is 1530. The Morgan fingerprint density at radius 3 is 2.38 bits per heavy atom. The van der Waals surface area contributed by atoms with Gasteiger partial charge in [-0.05, 0) is 88.0 Å². The first-order valence-electron chi connectivity index (χ1n) is 15.2. The number of thiazole rings is 1. The molecule has 0 spiro atoms. The van der Waals surface area contributed by atoms with Gasteiger partial charge in [-0.25, -0.2) is 4.98 Å². The summed E-state index contributed by atoms with van der Waals surface area (Å²) in [6.45, 7) is 8.76. The maximum absolute atomic E-state index is 13.4. The normalized spacial score (nSPS) is 13.6. The number of rotatable bonds is 10. The second kappa shape index (κ2) is 18.4. The lowest BCUT2D eigenvalue weighted by atomic mass is 10.0. The summed E-state index contributed by atoms with van der Waals surface area (Å²) < 4.78 is 5.25. The number of nitrogens with one attached hydrogen (secondary N) is 2. The number of likely N-dealkylation sites (tertiary alicyclic amines) is 1. The Morgan fingerprint density at radius 1 is 0.956 bits per heavy atom. The van der Waals surface area contributed by atoms with Crippen molar-refractivity contribution in [2.75, 3.05) is 26.7 Å². The van der Waals surface area contributed by atoms with E-state index in [4.69, 9.17) is 4.74 Å². The van der Waals surface area contributed by atoms with Crippen molar-refractivity contribution in [2.24, 2.45) is 0 Å². The van der Waals surface area contributed by atoms with Crippen LogP contribution < -0.4 is 15.4 Å². The van der Waals surface area contributed by atoms with Crippen molar-refractivity contribution in [1.29, 1.82) is 0 Å². The van der Waals surface area contributed by atoms with Crippen LogP contribution >= 0.6 is 11.3 Å². The van der Waals surface area contributed by atoms with Gasteiger partial charge in [0.25, 0.3) is 11.8 Å². The van der Waals surface area contributed by atoms with E-state index in [0.717, 1.165) is 59.9 Å². The average Bonchev–Trinajstić information content (AvgIpc) is 3.73. The number of aryl methyl sites for hydroxylation is 3. The second-order valence-electron chi connectivity index (χ2n) is 10.9. The molecule has 1 aliphatic heterocycles. The van der Waals surface area contributed by atoms with Crippen LogP contribution in [-0.4, -0.2) is 48.4 Å². The van der Waals surface area contributed by atoms with E-state index in [1.54, 1.807) is 24.5 Å². The summed E-state index contributed by atoms with van der Waals surface area (Å²) in [6.07, 6.45) is 10.7. The number of carbonyl (C=O) groups excluding carboxylic acids is 2. The van der Waals surface area contributed by atoms with Crippen LogP contribution in [0.1, 0.15) is 73.4 Å². The fraction of sp³-hybridized carbons (Fsp3) is 0.324. The van der Waals surface area contributed by atoms with Crippen molar-refractivity contribution >= 4 is 23.2 Å². The lowest BCUT2D eigenvalue weighted by molar-refractivity contribution is 0.0735. The van der Waals surface area contributed by atoms with Crippen LogP contribution in [0.3, 0.4) is 0 Å². The summed E-state index contributed by atoms with van der Waals surface area (Å²) >= 11 is 1.61. The van der Waals surface area contributed by atoms with Crippen LogP contribution in [0.2, 0.25) is 0 Å². The number of hydrogen-bond donors (Lipinski definition) is 2. The topological polar surface area (TPSA) is 83.6 Å². The molecule has 3 aromatic carbocycles. The Labute approximate surface area is 272 Å². The van der Waals surface area contributed by atoms with Gasteiger partial charge in [-0.15, -0.1) is 24.2 Å². The lowest BCUT2D eigenvalue weighted by Gasteiger charge is -2.23. The highest BCUT2D eigenvalue weighted by molar-refractivity contribution is 7.09. The standard InChI is InChI=1S/C28H34N4O3S.C7H8.C2H2/c1-19-13-22(26(33)30-11-6-10-29-17-21-7-4-8-24(15-21)35-3)16-23(14-19)28(34)32-12-5-9-25(32)27-31-20(2)18-36-27;1-7-5-3-2-4-6-7;1-2/h4,7-8,13-16,18,25,29H,5-6,9-12,17H2,1-3H3,(H,30,33);2-6H,1H3;1-2H/t25-;;/m1../s1. The Morgan fingerprint density at radius 2 is 1.71 bits per heavy atom. The van der Waals surface area contributed by atoms with Gasteiger partial charge in [0.15, 0.2) is 0 Å². The molecule has 7 nitrogen and oxygen atoms in total. The first-order chi connectivity index (χ1) is 21.8. The lowest BCUT2D eigenvalue weighted by Crippen LogP contribution is -2.31. The van der Waals surface area contributed by atoms with Gasteiger partial charge in [0.2, 0.25) is 0 Å². The maximum Gasteiger partial charge on any atom is 0.254 e. The highest BCUT2D eigenvalue weighted by Crippen LogP contribution is 2.35. The predicted octanol–water partition coefficient (Wildman–Crippen LogP) is 6.90. The molecule has 2 N–H and O–H groups in total. The number of aromatic nitrogens is 1. The van der Waals surface area contributed by atoms with Crippen molar-refractivity contribution < 1.29 is 14.3 Å². The molecule has 2 amide bonds. The van der Waals surface area contributed by atoms with Gasteiger partial charge >= 0.3 is 0 Å². The molecular formula is C37H44N4O3S. The summed E-state index contributed by atoms with van der Waals surface area (Å²) in [5.74, 6) is 0.648. The minimum absolute atomic E-state index is 0.0125. The minimum Gasteiger partial charge on any atom is -0.497 e. The van der Waals surface area contributed by atoms with Gasteiger partial charge < -0.3 is 20.3 Å². The monoisotopic (exact) mass is 624 g/mol. The molecule has 236 valence electrons. The van der Waals surface area contributed by atoms with Crippen molar-refractivity contribution in [3.63, 3.8) is 0 Å². The first kappa shape index (κ1) is 35.0. The van der Waals surface area contributed by atoms with E-state index < -0.39 is 0 Å². The number of benzene rings is 3. The fourth-order valence-corrected chi connectivity index (χ4v) is 6.01. The molecule has 5 rings (SSSR count). The maximum atomic E-state index is 13.4. The molecule has 0 radical (unpaired) electrons. The number of terminal acetylenes is 1. The van der Waals surface area contributed by atoms with Gasteiger partial charge in [0.05, 0.1) is 13.2 Å². The zero-order valence-corrected chi connectivity index (χ0v) is 27.5. The molecule has 1 fully saturated rings. The molecule has 1 aromatic heterocycles. The number of nitrogens with zero attached hydrogens (tertiary/aromatic N) is 2. The minimum atomic E-state index is -0.158. The summed E-state index contributed by atoms with van der Waals surface area (Å²) in [5.41, 5.74) is 5.43. The number of amides is 2. The van der Waals surface area contributed by atoms with E-state index in [1.165, 1.54) is 5.56 Å². The molecule has 1 atom stereocenters. The van der Waals surface area contributed by atoms with Crippen LogP contribution in [0.15, 0.2) is 78.2 Å². The van der Waals surface area contributed by atoms with Crippen molar-refractivity contribution in [1.82, 2.24) is 20.5 Å². The van der Waals surface area contributed by atoms with E-state index in [2.05, 4.69) is 53.6 Å². The first-order valence-corrected chi connectivity index (χ1v) is 16.0. The van der Waals surface area contributed by atoms with Crippen LogP contribution in [-0.2, 0) is 6.54 Å². The van der Waals surface area contributed by atoms with Crippen LogP contribution in [0.4, 0.5) is 0 Å². The van der Waals surface area contributed by atoms with Gasteiger partial charge in [-0.2, -0.15) is 0 Å². The van der Waals surface area contributed by atoms with Crippen molar-refractivity contribution in [2.45, 2.75) is 52.6 Å². The number of ether oxygens (including phenoxy) is 1. The van der Waals surface area contributed by atoms with Crippen LogP contribution in [0.5, 0.6) is 5.75 Å². The summed E-state index contributed by atoms with van der Waals surface area (Å²) in [7, 11) is 1.66. The fourth-order valence-electron chi connectivity index (χ4n) is 5.06. The molecule has 1 aliphatic rings. The average molecular weight is 625 g/mol. The Balaban J connectivity index is 0.000000534. The van der Waals surface area contributed by atoms with Crippen LogP contribution in [0.25, 0.3) is 0 Å². The Hall–Kier alpha value is -4.45. The number of hydrogen-bond acceptors (Lipinski definition) is 6. The van der Waals surface area contributed by atoms with Gasteiger partial charge in [-0.1, -0.05) is 48.0 Å². The SMILES string of the molecule is C#C.COc1cccc(CNCCCNC(=O)c2cc(C)cc(C(=O)N3CCC[C@@H]3c3nc(C)cs3)c2)c1.Cc1ccccc1. The molecule has 45 heavy (non-hydrogen) atoms. The molecule has 4 aromatic rings. The largest absolute Gasteiger partial charge is 0.497 e. The molecule has 0 unspecified atom stereocenters. The smallest absolute Gasteiger partial charge is 0.254 e. The van der Waals surface area contributed by atoms with Gasteiger partial charge in [-0.3, -0.25) is 9.59 Å². The second-order valence-corrected chi connectivity index (χ2v) is 11.8. The predicted molar refractivity (Wildman–Crippen MR) is 184 cm³/mol. The van der Waals surface area contributed by atoms with Gasteiger partial charge in [0.1, 0.15) is 10.8 Å². The summed E-state index contributed by atoms with van der Waals surface area (Å²) in [4.78, 5) is 32.8. The molecule has 0 saturated carbocycles. The highest BCUT2D eigenvalue weighted by atomic mass is 32.1. The Kier molecular flexibility index (Phi) is 14.3. The molecule has 0 bridgehead atoms. The summed E-state index contributed by atoms with van der Waals surface area (Å²) in [6, 6.07) is 23.6. The molecular weight excluding hydrogens is 580 g/mol. The van der Waals surface area contributed by atoms with Crippen LogP contribution in [0, 0.1) is 33.6 Å².